The summed E-state index contributed by atoms with van der Waals surface area (Å²) in [5.74, 6) is 1.71. The molecule has 1 aromatic carbocycles. The Morgan fingerprint density at radius 1 is 1.08 bits per heavy atom. The van der Waals surface area contributed by atoms with Gasteiger partial charge >= 0.3 is 0 Å². The zero-order chi connectivity index (χ0) is 18.5. The van der Waals surface area contributed by atoms with Crippen LogP contribution in [0.15, 0.2) is 24.3 Å². The Hall–Kier alpha value is -1.84. The van der Waals surface area contributed by atoms with Gasteiger partial charge in [0.05, 0.1) is 6.04 Å². The summed E-state index contributed by atoms with van der Waals surface area (Å²) in [7, 11) is 0. The lowest BCUT2D eigenvalue weighted by Crippen LogP contribution is -2.31. The second-order valence-electron chi connectivity index (χ2n) is 8.39. The van der Waals surface area contributed by atoms with Crippen molar-refractivity contribution in [1.82, 2.24) is 10.6 Å². The van der Waals surface area contributed by atoms with E-state index >= 15 is 0 Å². The van der Waals surface area contributed by atoms with Gasteiger partial charge in [-0.25, -0.2) is 0 Å². The molecule has 0 saturated heterocycles. The van der Waals surface area contributed by atoms with E-state index in [1.165, 1.54) is 24.0 Å². The van der Waals surface area contributed by atoms with Crippen molar-refractivity contribution in [2.24, 2.45) is 17.8 Å². The number of nitrogens with one attached hydrogen (secondary N) is 2. The number of hydrogen-bond donors (Lipinski definition) is 2. The van der Waals surface area contributed by atoms with Crippen LogP contribution in [0.2, 0.25) is 0 Å². The molecule has 26 heavy (non-hydrogen) atoms. The van der Waals surface area contributed by atoms with Crippen molar-refractivity contribution in [2.45, 2.75) is 64.8 Å². The summed E-state index contributed by atoms with van der Waals surface area (Å²) in [5.41, 5.74) is 2.58. The summed E-state index contributed by atoms with van der Waals surface area (Å²) < 4.78 is 0. The minimum atomic E-state index is 0.0915. The summed E-state index contributed by atoms with van der Waals surface area (Å²) >= 11 is 0. The first-order valence-corrected chi connectivity index (χ1v) is 10.2. The molecule has 0 aromatic heterocycles. The monoisotopic (exact) mass is 356 g/mol. The number of hydrogen-bond acceptors (Lipinski definition) is 2. The van der Waals surface area contributed by atoms with Gasteiger partial charge in [-0.1, -0.05) is 38.1 Å². The van der Waals surface area contributed by atoms with E-state index in [1.54, 1.807) is 0 Å². The van der Waals surface area contributed by atoms with Gasteiger partial charge in [0, 0.05) is 18.9 Å². The molecule has 1 aromatic rings. The summed E-state index contributed by atoms with van der Waals surface area (Å²) in [4.78, 5) is 23.9. The first-order valence-electron chi connectivity index (χ1n) is 10.2. The number of amides is 2. The van der Waals surface area contributed by atoms with Crippen molar-refractivity contribution < 1.29 is 9.59 Å². The van der Waals surface area contributed by atoms with Crippen LogP contribution in [-0.4, -0.2) is 18.4 Å². The van der Waals surface area contributed by atoms with Crippen molar-refractivity contribution in [2.75, 3.05) is 6.54 Å². The first-order chi connectivity index (χ1) is 12.5. The molecule has 0 bridgehead atoms. The van der Waals surface area contributed by atoms with Crippen LogP contribution < -0.4 is 10.6 Å². The zero-order valence-electron chi connectivity index (χ0n) is 16.1. The molecule has 0 radical (unpaired) electrons. The second-order valence-corrected chi connectivity index (χ2v) is 8.39. The van der Waals surface area contributed by atoms with E-state index in [1.807, 2.05) is 0 Å². The average Bonchev–Trinajstić information content (AvgIpc) is 3.48. The Morgan fingerprint density at radius 2 is 1.77 bits per heavy atom. The predicted octanol–water partition coefficient (Wildman–Crippen LogP) is 3.76. The summed E-state index contributed by atoms with van der Waals surface area (Å²) in [6.45, 7) is 5.06. The van der Waals surface area contributed by atoms with Gasteiger partial charge in [-0.2, -0.15) is 0 Å². The van der Waals surface area contributed by atoms with E-state index in [0.29, 0.717) is 31.2 Å². The van der Waals surface area contributed by atoms with E-state index < -0.39 is 0 Å². The van der Waals surface area contributed by atoms with Crippen molar-refractivity contribution in [3.05, 3.63) is 35.4 Å². The van der Waals surface area contributed by atoms with E-state index in [4.69, 9.17) is 0 Å². The topological polar surface area (TPSA) is 58.2 Å². The molecule has 1 unspecified atom stereocenters. The molecular formula is C22H32N2O2. The minimum Gasteiger partial charge on any atom is -0.356 e. The zero-order valence-corrected chi connectivity index (χ0v) is 16.1. The molecule has 2 saturated carbocycles. The van der Waals surface area contributed by atoms with Crippen LogP contribution in [0.1, 0.15) is 69.5 Å². The molecule has 2 aliphatic rings. The lowest BCUT2D eigenvalue weighted by molar-refractivity contribution is -0.124. The highest BCUT2D eigenvalue weighted by Crippen LogP contribution is 2.41. The Bertz CT molecular complexity index is 616. The average molecular weight is 357 g/mol. The van der Waals surface area contributed by atoms with Gasteiger partial charge in [0.1, 0.15) is 0 Å². The Morgan fingerprint density at radius 3 is 2.35 bits per heavy atom. The molecule has 2 N–H and O–H groups in total. The molecule has 4 heteroatoms. The maximum absolute atomic E-state index is 12.3. The molecule has 3 rings (SSSR count). The number of carbonyl (C=O) groups excluding carboxylic acids is 2. The molecule has 4 nitrogen and oxygen atoms in total. The third kappa shape index (κ3) is 5.86. The molecule has 2 aliphatic carbocycles. The van der Waals surface area contributed by atoms with E-state index in [0.717, 1.165) is 19.3 Å². The SMILES string of the molecule is CC(C)Cc1ccc(C(NC(=O)CCCNC(=O)C2CC2)C2CC2)cc1. The van der Waals surface area contributed by atoms with Gasteiger partial charge in [0.2, 0.25) is 11.8 Å². The molecule has 0 heterocycles. The van der Waals surface area contributed by atoms with Gasteiger partial charge in [0.25, 0.3) is 0 Å². The quantitative estimate of drug-likeness (QED) is 0.627. The first kappa shape index (κ1) is 18.9. The van der Waals surface area contributed by atoms with Gasteiger partial charge in [0.15, 0.2) is 0 Å². The van der Waals surface area contributed by atoms with Gasteiger partial charge in [-0.15, -0.1) is 0 Å². The normalized spacial score (nSPS) is 17.8. The minimum absolute atomic E-state index is 0.0915. The predicted molar refractivity (Wildman–Crippen MR) is 104 cm³/mol. The molecular weight excluding hydrogens is 324 g/mol. The summed E-state index contributed by atoms with van der Waals surface area (Å²) in [5, 5.41) is 6.15. The van der Waals surface area contributed by atoms with Crippen molar-refractivity contribution in [3.63, 3.8) is 0 Å². The van der Waals surface area contributed by atoms with Crippen LogP contribution in [-0.2, 0) is 16.0 Å². The smallest absolute Gasteiger partial charge is 0.223 e. The summed E-state index contributed by atoms with van der Waals surface area (Å²) in [6.07, 6.45) is 6.69. The highest BCUT2D eigenvalue weighted by atomic mass is 16.2. The van der Waals surface area contributed by atoms with Crippen molar-refractivity contribution in [1.29, 1.82) is 0 Å². The van der Waals surface area contributed by atoms with Crippen molar-refractivity contribution in [3.8, 4) is 0 Å². The fraction of sp³-hybridized carbons (Fsp3) is 0.636. The van der Waals surface area contributed by atoms with E-state index in [-0.39, 0.29) is 23.8 Å². The lowest BCUT2D eigenvalue weighted by Gasteiger charge is -2.19. The number of rotatable bonds is 10. The second kappa shape index (κ2) is 8.70. The largest absolute Gasteiger partial charge is 0.356 e. The lowest BCUT2D eigenvalue weighted by atomic mass is 9.97. The van der Waals surface area contributed by atoms with Crippen LogP contribution >= 0.6 is 0 Å². The van der Waals surface area contributed by atoms with E-state index in [2.05, 4.69) is 48.7 Å². The third-order valence-corrected chi connectivity index (χ3v) is 5.22. The van der Waals surface area contributed by atoms with Gasteiger partial charge < -0.3 is 10.6 Å². The Balaban J connectivity index is 1.45. The fourth-order valence-corrected chi connectivity index (χ4v) is 3.43. The molecule has 1 atom stereocenters. The Labute approximate surface area is 157 Å². The van der Waals surface area contributed by atoms with E-state index in [9.17, 15) is 9.59 Å². The Kier molecular flexibility index (Phi) is 6.33. The van der Waals surface area contributed by atoms with Crippen LogP contribution in [0.25, 0.3) is 0 Å². The summed E-state index contributed by atoms with van der Waals surface area (Å²) in [6, 6.07) is 8.89. The van der Waals surface area contributed by atoms with Gasteiger partial charge in [-0.05, 0) is 61.5 Å². The molecule has 142 valence electrons. The maximum atomic E-state index is 12.3. The molecule has 2 amide bonds. The maximum Gasteiger partial charge on any atom is 0.223 e. The molecule has 2 fully saturated rings. The van der Waals surface area contributed by atoms with Crippen LogP contribution in [0, 0.1) is 17.8 Å². The van der Waals surface area contributed by atoms with Crippen LogP contribution in [0.5, 0.6) is 0 Å². The third-order valence-electron chi connectivity index (χ3n) is 5.22. The van der Waals surface area contributed by atoms with Crippen LogP contribution in [0.3, 0.4) is 0 Å². The van der Waals surface area contributed by atoms with Gasteiger partial charge in [-0.3, -0.25) is 9.59 Å². The fourth-order valence-electron chi connectivity index (χ4n) is 3.43. The molecule has 0 spiro atoms. The highest BCUT2D eigenvalue weighted by Gasteiger charge is 2.33. The van der Waals surface area contributed by atoms with Crippen LogP contribution in [0.4, 0.5) is 0 Å². The standard InChI is InChI=1S/C22H32N2O2/c1-15(2)14-16-5-7-17(8-6-16)21(18-9-10-18)24-20(25)4-3-13-23-22(26)19-11-12-19/h5-8,15,18-19,21H,3-4,9-14H2,1-2H3,(H,23,26)(H,24,25). The van der Waals surface area contributed by atoms with Crippen molar-refractivity contribution >= 4 is 11.8 Å². The number of carbonyl (C=O) groups is 2. The highest BCUT2D eigenvalue weighted by molar-refractivity contribution is 5.81. The molecule has 0 aliphatic heterocycles. The number of benzene rings is 1.